The summed E-state index contributed by atoms with van der Waals surface area (Å²) < 4.78 is 23.3. The van der Waals surface area contributed by atoms with E-state index in [1.165, 1.54) is 6.07 Å². The second-order valence-electron chi connectivity index (χ2n) is 5.07. The van der Waals surface area contributed by atoms with E-state index in [1.807, 2.05) is 0 Å². The number of benzene rings is 3. The molecule has 0 amide bonds. The molecule has 122 valence electrons. The van der Waals surface area contributed by atoms with Crippen molar-refractivity contribution < 1.29 is 8.42 Å². The molecular formula is C16H13ClN4O2S. The first-order chi connectivity index (χ1) is 11.4. The first-order valence-electron chi connectivity index (χ1n) is 6.87. The Labute approximate surface area is 143 Å². The van der Waals surface area contributed by atoms with Crippen LogP contribution in [-0.4, -0.2) is 8.42 Å². The number of halogens is 1. The molecule has 0 bridgehead atoms. The van der Waals surface area contributed by atoms with Gasteiger partial charge in [0.05, 0.1) is 16.3 Å². The van der Waals surface area contributed by atoms with Crippen LogP contribution in [0.2, 0.25) is 5.02 Å². The lowest BCUT2D eigenvalue weighted by Crippen LogP contribution is -2.12. The molecule has 0 spiro atoms. The molecule has 6 nitrogen and oxygen atoms in total. The van der Waals surface area contributed by atoms with E-state index in [0.717, 1.165) is 0 Å². The Bertz CT molecular complexity index is 1050. The fourth-order valence-corrected chi connectivity index (χ4v) is 3.17. The molecule has 0 aromatic heterocycles. The SMILES string of the molecule is Nc1c(N=Nc2ccc(Cl)cc2)ccc2c(S(N)(=O)=O)cccc12. The molecular weight excluding hydrogens is 348 g/mol. The van der Waals surface area contributed by atoms with Crippen molar-refractivity contribution in [3.05, 3.63) is 59.6 Å². The van der Waals surface area contributed by atoms with Crippen molar-refractivity contribution >= 4 is 49.5 Å². The van der Waals surface area contributed by atoms with E-state index in [4.69, 9.17) is 22.5 Å². The van der Waals surface area contributed by atoms with E-state index in [-0.39, 0.29) is 4.90 Å². The summed E-state index contributed by atoms with van der Waals surface area (Å²) in [4.78, 5) is 0.0212. The van der Waals surface area contributed by atoms with Gasteiger partial charge in [-0.2, -0.15) is 5.11 Å². The summed E-state index contributed by atoms with van der Waals surface area (Å²) in [6, 6.07) is 14.8. The molecule has 0 atom stereocenters. The number of rotatable bonds is 3. The first kappa shape index (κ1) is 16.4. The Balaban J connectivity index is 2.08. The van der Waals surface area contributed by atoms with Crippen LogP contribution in [0.3, 0.4) is 0 Å². The number of nitrogens with zero attached hydrogens (tertiary/aromatic N) is 2. The van der Waals surface area contributed by atoms with E-state index in [0.29, 0.717) is 32.9 Å². The Morgan fingerprint density at radius 1 is 0.875 bits per heavy atom. The van der Waals surface area contributed by atoms with Gasteiger partial charge in [-0.25, -0.2) is 13.6 Å². The van der Waals surface area contributed by atoms with Crippen LogP contribution >= 0.6 is 11.6 Å². The van der Waals surface area contributed by atoms with Crippen molar-refractivity contribution in [2.24, 2.45) is 15.4 Å². The fraction of sp³-hybridized carbons (Fsp3) is 0. The Morgan fingerprint density at radius 2 is 1.58 bits per heavy atom. The van der Waals surface area contributed by atoms with Gasteiger partial charge in [-0.15, -0.1) is 5.11 Å². The molecule has 24 heavy (non-hydrogen) atoms. The van der Waals surface area contributed by atoms with Crippen LogP contribution in [0.5, 0.6) is 0 Å². The molecule has 0 saturated carbocycles. The van der Waals surface area contributed by atoms with E-state index >= 15 is 0 Å². The maximum atomic E-state index is 11.7. The quantitative estimate of drug-likeness (QED) is 0.540. The average Bonchev–Trinajstić information content (AvgIpc) is 2.54. The predicted octanol–water partition coefficient (Wildman–Crippen LogP) is 4.14. The molecule has 0 radical (unpaired) electrons. The average molecular weight is 361 g/mol. The van der Waals surface area contributed by atoms with Gasteiger partial charge in [0.25, 0.3) is 0 Å². The number of sulfonamides is 1. The zero-order valence-corrected chi connectivity index (χ0v) is 13.9. The Kier molecular flexibility index (Phi) is 4.23. The highest BCUT2D eigenvalue weighted by molar-refractivity contribution is 7.89. The topological polar surface area (TPSA) is 111 Å². The largest absolute Gasteiger partial charge is 0.396 e. The minimum atomic E-state index is -3.84. The maximum absolute atomic E-state index is 11.7. The molecule has 0 aliphatic carbocycles. The van der Waals surface area contributed by atoms with Gasteiger partial charge >= 0.3 is 0 Å². The third-order valence-corrected chi connectivity index (χ3v) is 4.67. The summed E-state index contributed by atoms with van der Waals surface area (Å²) in [5.41, 5.74) is 7.49. The molecule has 0 aliphatic rings. The maximum Gasteiger partial charge on any atom is 0.238 e. The number of fused-ring (bicyclic) bond motifs is 1. The van der Waals surface area contributed by atoms with Crippen molar-refractivity contribution in [1.82, 2.24) is 0 Å². The molecule has 3 aromatic carbocycles. The van der Waals surface area contributed by atoms with Crippen molar-refractivity contribution in [3.63, 3.8) is 0 Å². The van der Waals surface area contributed by atoms with E-state index in [9.17, 15) is 8.42 Å². The minimum Gasteiger partial charge on any atom is -0.396 e. The molecule has 4 N–H and O–H groups in total. The Hall–Kier alpha value is -2.48. The summed E-state index contributed by atoms with van der Waals surface area (Å²) in [7, 11) is -3.84. The molecule has 0 aliphatic heterocycles. The van der Waals surface area contributed by atoms with Crippen LogP contribution in [0.1, 0.15) is 0 Å². The summed E-state index contributed by atoms with van der Waals surface area (Å²) in [5, 5.41) is 15.1. The van der Waals surface area contributed by atoms with Gasteiger partial charge in [-0.3, -0.25) is 0 Å². The summed E-state index contributed by atoms with van der Waals surface area (Å²) in [6.45, 7) is 0. The zero-order chi connectivity index (χ0) is 17.3. The third kappa shape index (κ3) is 3.23. The van der Waals surface area contributed by atoms with Gasteiger partial charge in [-0.1, -0.05) is 29.8 Å². The molecule has 0 unspecified atom stereocenters. The summed E-state index contributed by atoms with van der Waals surface area (Å²) in [6.07, 6.45) is 0. The third-order valence-electron chi connectivity index (χ3n) is 3.45. The second kappa shape index (κ2) is 6.20. The van der Waals surface area contributed by atoms with E-state index in [2.05, 4.69) is 10.2 Å². The van der Waals surface area contributed by atoms with E-state index in [1.54, 1.807) is 48.5 Å². The van der Waals surface area contributed by atoms with Gasteiger partial charge in [0, 0.05) is 15.8 Å². The molecule has 0 saturated heterocycles. The second-order valence-corrected chi connectivity index (χ2v) is 7.04. The van der Waals surface area contributed by atoms with Crippen molar-refractivity contribution in [3.8, 4) is 0 Å². The van der Waals surface area contributed by atoms with Crippen LogP contribution in [0, 0.1) is 0 Å². The van der Waals surface area contributed by atoms with Crippen LogP contribution < -0.4 is 10.9 Å². The van der Waals surface area contributed by atoms with Crippen LogP contribution in [-0.2, 0) is 10.0 Å². The van der Waals surface area contributed by atoms with Crippen molar-refractivity contribution in [2.45, 2.75) is 4.90 Å². The van der Waals surface area contributed by atoms with Crippen LogP contribution in [0.25, 0.3) is 10.8 Å². The molecule has 8 heteroatoms. The summed E-state index contributed by atoms with van der Waals surface area (Å²) >= 11 is 5.82. The van der Waals surface area contributed by atoms with Gasteiger partial charge in [0.2, 0.25) is 10.0 Å². The number of azo groups is 1. The van der Waals surface area contributed by atoms with Crippen LogP contribution in [0.15, 0.2) is 69.7 Å². The number of hydrogen-bond donors (Lipinski definition) is 2. The Morgan fingerprint density at radius 3 is 2.25 bits per heavy atom. The van der Waals surface area contributed by atoms with Gasteiger partial charge in [0.1, 0.15) is 5.69 Å². The van der Waals surface area contributed by atoms with Gasteiger partial charge < -0.3 is 5.73 Å². The first-order valence-corrected chi connectivity index (χ1v) is 8.80. The lowest BCUT2D eigenvalue weighted by molar-refractivity contribution is 0.598. The number of primary sulfonamides is 1. The van der Waals surface area contributed by atoms with Crippen molar-refractivity contribution in [2.75, 3.05) is 5.73 Å². The smallest absolute Gasteiger partial charge is 0.238 e. The normalized spacial score (nSPS) is 12.1. The lowest BCUT2D eigenvalue weighted by Gasteiger charge is -2.08. The van der Waals surface area contributed by atoms with Crippen molar-refractivity contribution in [1.29, 1.82) is 0 Å². The van der Waals surface area contributed by atoms with Crippen LogP contribution in [0.4, 0.5) is 17.1 Å². The molecule has 0 fully saturated rings. The van der Waals surface area contributed by atoms with E-state index < -0.39 is 10.0 Å². The molecule has 0 heterocycles. The number of nitrogens with two attached hydrogens (primary N) is 2. The molecule has 3 rings (SSSR count). The van der Waals surface area contributed by atoms with Gasteiger partial charge in [0.15, 0.2) is 0 Å². The monoisotopic (exact) mass is 360 g/mol. The fourth-order valence-electron chi connectivity index (χ4n) is 2.30. The summed E-state index contributed by atoms with van der Waals surface area (Å²) in [5.74, 6) is 0. The number of anilines is 1. The molecule has 3 aromatic rings. The highest BCUT2D eigenvalue weighted by Crippen LogP contribution is 2.34. The highest BCUT2D eigenvalue weighted by Gasteiger charge is 2.14. The predicted molar refractivity (Wildman–Crippen MR) is 95.4 cm³/mol. The lowest BCUT2D eigenvalue weighted by atomic mass is 10.1. The number of nitrogen functional groups attached to an aromatic ring is 1. The number of hydrogen-bond acceptors (Lipinski definition) is 5. The van der Waals surface area contributed by atoms with Gasteiger partial charge in [-0.05, 0) is 36.4 Å². The minimum absolute atomic E-state index is 0.0212. The standard InChI is InChI=1S/C16H13ClN4O2S/c17-10-4-6-11(7-5-10)20-21-14-9-8-12-13(16(14)18)2-1-3-15(12)24(19,22)23/h1-9H,18H2,(H2,19,22,23). The highest BCUT2D eigenvalue weighted by atomic mass is 35.5. The zero-order valence-electron chi connectivity index (χ0n) is 12.3.